The molecule has 0 atom stereocenters. The van der Waals surface area contributed by atoms with Crippen molar-refractivity contribution in [2.24, 2.45) is 5.41 Å². The molecule has 3 N–H and O–H groups in total. The van der Waals surface area contributed by atoms with Crippen LogP contribution in [0.5, 0.6) is 0 Å². The Morgan fingerprint density at radius 3 is 2.45 bits per heavy atom. The number of amides is 2. The van der Waals surface area contributed by atoms with Crippen molar-refractivity contribution >= 4 is 11.7 Å². The van der Waals surface area contributed by atoms with Crippen molar-refractivity contribution in [3.8, 4) is 0 Å². The molecule has 20 heavy (non-hydrogen) atoms. The molecule has 0 aliphatic carbocycles. The molecular weight excluding hydrogens is 252 g/mol. The topological polar surface area (TPSA) is 61.4 Å². The van der Waals surface area contributed by atoms with Crippen LogP contribution in [0.2, 0.25) is 0 Å². The lowest BCUT2D eigenvalue weighted by Crippen LogP contribution is -2.39. The number of hydrogen-bond acceptors (Lipinski definition) is 2. The Hall–Kier alpha value is -1.55. The Morgan fingerprint density at radius 1 is 1.25 bits per heavy atom. The molecular formula is C16H26N2O2. The van der Waals surface area contributed by atoms with Gasteiger partial charge in [-0.2, -0.15) is 0 Å². The van der Waals surface area contributed by atoms with E-state index in [2.05, 4.69) is 24.5 Å². The Labute approximate surface area is 121 Å². The summed E-state index contributed by atoms with van der Waals surface area (Å²) in [6.45, 7) is 6.89. The molecule has 4 heteroatoms. The zero-order valence-electron chi connectivity index (χ0n) is 12.7. The van der Waals surface area contributed by atoms with Crippen molar-refractivity contribution in [1.29, 1.82) is 0 Å². The van der Waals surface area contributed by atoms with Gasteiger partial charge in [0.1, 0.15) is 0 Å². The van der Waals surface area contributed by atoms with Gasteiger partial charge in [-0.1, -0.05) is 32.0 Å². The van der Waals surface area contributed by atoms with Crippen molar-refractivity contribution in [3.05, 3.63) is 29.8 Å². The predicted octanol–water partition coefficient (Wildman–Crippen LogP) is 3.31. The number of aliphatic hydroxyl groups excluding tert-OH is 1. The van der Waals surface area contributed by atoms with Crippen LogP contribution in [-0.2, 0) is 0 Å². The highest BCUT2D eigenvalue weighted by Gasteiger charge is 2.26. The van der Waals surface area contributed by atoms with Gasteiger partial charge in [-0.05, 0) is 43.2 Å². The third-order valence-electron chi connectivity index (χ3n) is 4.16. The first-order valence-corrected chi connectivity index (χ1v) is 7.28. The number of anilines is 1. The third kappa shape index (κ3) is 4.53. The molecule has 0 aliphatic heterocycles. The molecule has 0 heterocycles. The monoisotopic (exact) mass is 278 g/mol. The van der Waals surface area contributed by atoms with E-state index in [4.69, 9.17) is 0 Å². The third-order valence-corrected chi connectivity index (χ3v) is 4.16. The SMILES string of the molecule is CCC(CC)(CCO)CNC(=O)Nc1ccccc1C. The minimum Gasteiger partial charge on any atom is -0.396 e. The molecule has 0 fully saturated rings. The molecule has 0 radical (unpaired) electrons. The summed E-state index contributed by atoms with van der Waals surface area (Å²) >= 11 is 0. The molecule has 0 unspecified atom stereocenters. The summed E-state index contributed by atoms with van der Waals surface area (Å²) < 4.78 is 0. The van der Waals surface area contributed by atoms with Gasteiger partial charge in [0.15, 0.2) is 0 Å². The molecule has 1 aromatic rings. The highest BCUT2D eigenvalue weighted by molar-refractivity contribution is 5.90. The zero-order valence-corrected chi connectivity index (χ0v) is 12.7. The van der Waals surface area contributed by atoms with Crippen LogP contribution in [0.15, 0.2) is 24.3 Å². The van der Waals surface area contributed by atoms with Crippen LogP contribution in [0.3, 0.4) is 0 Å². The summed E-state index contributed by atoms with van der Waals surface area (Å²) in [6.07, 6.45) is 2.59. The van der Waals surface area contributed by atoms with Crippen molar-refractivity contribution in [2.75, 3.05) is 18.5 Å². The van der Waals surface area contributed by atoms with E-state index in [1.165, 1.54) is 0 Å². The maximum atomic E-state index is 12.0. The Balaban J connectivity index is 2.56. The van der Waals surface area contributed by atoms with Crippen molar-refractivity contribution in [2.45, 2.75) is 40.0 Å². The van der Waals surface area contributed by atoms with Crippen molar-refractivity contribution < 1.29 is 9.90 Å². The second kappa shape index (κ2) is 7.90. The summed E-state index contributed by atoms with van der Waals surface area (Å²) in [5.41, 5.74) is 1.85. The molecule has 0 bridgehead atoms. The second-order valence-electron chi connectivity index (χ2n) is 5.30. The highest BCUT2D eigenvalue weighted by atomic mass is 16.3. The molecule has 0 aromatic heterocycles. The van der Waals surface area contributed by atoms with Gasteiger partial charge in [-0.25, -0.2) is 4.79 Å². The van der Waals surface area contributed by atoms with Gasteiger partial charge >= 0.3 is 6.03 Å². The summed E-state index contributed by atoms with van der Waals surface area (Å²) in [5, 5.41) is 15.0. The van der Waals surface area contributed by atoms with E-state index >= 15 is 0 Å². The van der Waals surface area contributed by atoms with Gasteiger partial charge in [0, 0.05) is 18.8 Å². The van der Waals surface area contributed by atoms with E-state index in [0.717, 1.165) is 24.1 Å². The fourth-order valence-electron chi connectivity index (χ4n) is 2.33. The number of para-hydroxylation sites is 1. The molecule has 1 rings (SSSR count). The molecule has 1 aromatic carbocycles. The van der Waals surface area contributed by atoms with Gasteiger partial charge in [0.05, 0.1) is 0 Å². The lowest BCUT2D eigenvalue weighted by molar-refractivity contribution is 0.165. The van der Waals surface area contributed by atoms with Crippen LogP contribution in [-0.4, -0.2) is 24.3 Å². The molecule has 0 spiro atoms. The van der Waals surface area contributed by atoms with E-state index in [1.807, 2.05) is 31.2 Å². The first kappa shape index (κ1) is 16.5. The van der Waals surface area contributed by atoms with E-state index in [-0.39, 0.29) is 18.1 Å². The predicted molar refractivity (Wildman–Crippen MR) is 82.9 cm³/mol. The minimum absolute atomic E-state index is 0.0160. The average Bonchev–Trinajstić information content (AvgIpc) is 2.46. The maximum absolute atomic E-state index is 12.0. The number of carbonyl (C=O) groups excluding carboxylic acids is 1. The van der Waals surface area contributed by atoms with Crippen LogP contribution in [0.4, 0.5) is 10.5 Å². The van der Waals surface area contributed by atoms with Crippen LogP contribution < -0.4 is 10.6 Å². The number of aliphatic hydroxyl groups is 1. The Kier molecular flexibility index (Phi) is 6.52. The summed E-state index contributed by atoms with van der Waals surface area (Å²) in [6, 6.07) is 7.50. The molecule has 0 saturated carbocycles. The molecule has 0 aliphatic rings. The van der Waals surface area contributed by atoms with Crippen molar-refractivity contribution in [3.63, 3.8) is 0 Å². The van der Waals surface area contributed by atoms with Crippen LogP contribution in [0.1, 0.15) is 38.7 Å². The Morgan fingerprint density at radius 2 is 1.90 bits per heavy atom. The van der Waals surface area contributed by atoms with Gasteiger partial charge in [-0.15, -0.1) is 0 Å². The average molecular weight is 278 g/mol. The van der Waals surface area contributed by atoms with Gasteiger partial charge in [-0.3, -0.25) is 0 Å². The number of hydrogen-bond donors (Lipinski definition) is 3. The molecule has 112 valence electrons. The fourth-order valence-corrected chi connectivity index (χ4v) is 2.33. The first-order chi connectivity index (χ1) is 9.56. The normalized spacial score (nSPS) is 11.2. The smallest absolute Gasteiger partial charge is 0.319 e. The van der Waals surface area contributed by atoms with E-state index in [1.54, 1.807) is 0 Å². The largest absolute Gasteiger partial charge is 0.396 e. The zero-order chi connectivity index (χ0) is 15.0. The minimum atomic E-state index is -0.191. The number of aryl methyl sites for hydroxylation is 1. The fraction of sp³-hybridized carbons (Fsp3) is 0.562. The first-order valence-electron chi connectivity index (χ1n) is 7.28. The van der Waals surface area contributed by atoms with Crippen LogP contribution >= 0.6 is 0 Å². The van der Waals surface area contributed by atoms with E-state index in [0.29, 0.717) is 13.0 Å². The van der Waals surface area contributed by atoms with E-state index in [9.17, 15) is 9.90 Å². The van der Waals surface area contributed by atoms with Gasteiger partial charge < -0.3 is 15.7 Å². The highest BCUT2D eigenvalue weighted by Crippen LogP contribution is 2.29. The van der Waals surface area contributed by atoms with Crippen LogP contribution in [0.25, 0.3) is 0 Å². The quantitative estimate of drug-likeness (QED) is 0.716. The van der Waals surface area contributed by atoms with Crippen LogP contribution in [0, 0.1) is 12.3 Å². The summed E-state index contributed by atoms with van der Waals surface area (Å²) in [4.78, 5) is 12.0. The standard InChI is InChI=1S/C16H26N2O2/c1-4-16(5-2,10-11-19)12-17-15(20)18-14-9-7-6-8-13(14)3/h6-9,19H,4-5,10-12H2,1-3H3,(H2,17,18,20). The number of rotatable bonds is 7. The lowest BCUT2D eigenvalue weighted by atomic mass is 9.79. The number of carbonyl (C=O) groups is 1. The van der Waals surface area contributed by atoms with Gasteiger partial charge in [0.25, 0.3) is 0 Å². The summed E-state index contributed by atoms with van der Waals surface area (Å²) in [5.74, 6) is 0. The van der Waals surface area contributed by atoms with Crippen molar-refractivity contribution in [1.82, 2.24) is 5.32 Å². The number of urea groups is 1. The second-order valence-corrected chi connectivity index (χ2v) is 5.30. The van der Waals surface area contributed by atoms with E-state index < -0.39 is 0 Å². The molecule has 4 nitrogen and oxygen atoms in total. The number of nitrogens with one attached hydrogen (secondary N) is 2. The Bertz CT molecular complexity index is 428. The molecule has 0 saturated heterocycles. The maximum Gasteiger partial charge on any atom is 0.319 e. The summed E-state index contributed by atoms with van der Waals surface area (Å²) in [7, 11) is 0. The molecule has 2 amide bonds. The van der Waals surface area contributed by atoms with Gasteiger partial charge in [0.2, 0.25) is 0 Å². The number of benzene rings is 1. The lowest BCUT2D eigenvalue weighted by Gasteiger charge is -2.31.